The summed E-state index contributed by atoms with van der Waals surface area (Å²) in [6.07, 6.45) is 0.276. The second-order valence-corrected chi connectivity index (χ2v) is 8.00. The number of ketones is 1. The number of thiophene rings is 1. The van der Waals surface area contributed by atoms with Crippen molar-refractivity contribution in [2.45, 2.75) is 6.42 Å². The van der Waals surface area contributed by atoms with Crippen LogP contribution in [0.15, 0.2) is 60.7 Å². The number of nitrogens with two attached hydrogens (primary N) is 1. The molecule has 4 rings (SSSR count). The molecule has 2 aromatic carbocycles. The van der Waals surface area contributed by atoms with Crippen molar-refractivity contribution < 1.29 is 4.79 Å². The Balaban J connectivity index is 1.67. The molecule has 0 amide bonds. The van der Waals surface area contributed by atoms with Gasteiger partial charge >= 0.3 is 0 Å². The molecule has 0 unspecified atom stereocenters. The summed E-state index contributed by atoms with van der Waals surface area (Å²) < 4.78 is 0. The average molecular weight is 413 g/mol. The Kier molecular flexibility index (Phi) is 4.87. The number of benzene rings is 2. The Hall–Kier alpha value is -2.40. The summed E-state index contributed by atoms with van der Waals surface area (Å²) in [5, 5.41) is 2.12. The molecule has 27 heavy (non-hydrogen) atoms. The molecule has 134 valence electrons. The highest BCUT2D eigenvalue weighted by molar-refractivity contribution is 7.21. The molecule has 0 atom stereocenters. The SMILES string of the molecule is Nc1c(C(=O)Cc2ccc(Cl)cc2)sc2nc(-c3ccc(Cl)cc3)ccc12. The van der Waals surface area contributed by atoms with Gasteiger partial charge in [-0.2, -0.15) is 0 Å². The lowest BCUT2D eigenvalue weighted by atomic mass is 10.1. The van der Waals surface area contributed by atoms with Crippen molar-refractivity contribution in [1.29, 1.82) is 0 Å². The van der Waals surface area contributed by atoms with Crippen molar-refractivity contribution in [2.75, 3.05) is 5.73 Å². The Morgan fingerprint density at radius 2 is 1.56 bits per heavy atom. The number of carbonyl (C=O) groups excluding carboxylic acids is 1. The van der Waals surface area contributed by atoms with Crippen molar-refractivity contribution in [3.8, 4) is 11.3 Å². The number of aromatic nitrogens is 1. The van der Waals surface area contributed by atoms with Gasteiger partial charge in [-0.25, -0.2) is 4.98 Å². The van der Waals surface area contributed by atoms with Crippen LogP contribution < -0.4 is 5.73 Å². The Morgan fingerprint density at radius 3 is 2.22 bits per heavy atom. The summed E-state index contributed by atoms with van der Waals surface area (Å²) in [4.78, 5) is 18.7. The minimum absolute atomic E-state index is 0.0223. The largest absolute Gasteiger partial charge is 0.397 e. The highest BCUT2D eigenvalue weighted by Gasteiger charge is 2.18. The summed E-state index contributed by atoms with van der Waals surface area (Å²) in [5.74, 6) is -0.0223. The maximum Gasteiger partial charge on any atom is 0.179 e. The van der Waals surface area contributed by atoms with Gasteiger partial charge in [0.15, 0.2) is 5.78 Å². The van der Waals surface area contributed by atoms with Gasteiger partial charge in [-0.1, -0.05) is 47.5 Å². The van der Waals surface area contributed by atoms with Gasteiger partial charge in [0.2, 0.25) is 0 Å². The highest BCUT2D eigenvalue weighted by Crippen LogP contribution is 2.35. The van der Waals surface area contributed by atoms with Gasteiger partial charge in [0.1, 0.15) is 4.83 Å². The van der Waals surface area contributed by atoms with E-state index in [9.17, 15) is 4.79 Å². The van der Waals surface area contributed by atoms with E-state index in [2.05, 4.69) is 4.98 Å². The third kappa shape index (κ3) is 3.69. The van der Waals surface area contributed by atoms with E-state index in [1.807, 2.05) is 48.5 Å². The monoisotopic (exact) mass is 412 g/mol. The minimum atomic E-state index is -0.0223. The number of fused-ring (bicyclic) bond motifs is 1. The summed E-state index contributed by atoms with van der Waals surface area (Å²) in [6, 6.07) is 18.6. The van der Waals surface area contributed by atoms with E-state index in [1.54, 1.807) is 12.1 Å². The fraction of sp³-hybridized carbons (Fsp3) is 0.0476. The molecule has 0 saturated carbocycles. The van der Waals surface area contributed by atoms with Crippen LogP contribution in [-0.4, -0.2) is 10.8 Å². The molecule has 6 heteroatoms. The van der Waals surface area contributed by atoms with Gasteiger partial charge in [-0.3, -0.25) is 4.79 Å². The summed E-state index contributed by atoms with van der Waals surface area (Å²) in [5.41, 5.74) is 9.40. The first-order valence-electron chi connectivity index (χ1n) is 8.24. The molecule has 2 heterocycles. The van der Waals surface area contributed by atoms with Gasteiger partial charge in [0.25, 0.3) is 0 Å². The van der Waals surface area contributed by atoms with Crippen molar-refractivity contribution in [3.05, 3.63) is 81.1 Å². The molecule has 0 aliphatic carbocycles. The molecule has 0 spiro atoms. The van der Waals surface area contributed by atoms with Gasteiger partial charge in [-0.05, 0) is 42.0 Å². The summed E-state index contributed by atoms with van der Waals surface area (Å²) in [6.45, 7) is 0. The van der Waals surface area contributed by atoms with E-state index in [-0.39, 0.29) is 12.2 Å². The van der Waals surface area contributed by atoms with Crippen molar-refractivity contribution >= 4 is 56.2 Å². The molecule has 0 bridgehead atoms. The molecule has 0 saturated heterocycles. The zero-order chi connectivity index (χ0) is 19.0. The molecule has 4 aromatic rings. The molecule has 0 radical (unpaired) electrons. The van der Waals surface area contributed by atoms with E-state index >= 15 is 0 Å². The van der Waals surface area contributed by atoms with E-state index in [0.717, 1.165) is 27.0 Å². The second-order valence-electron chi connectivity index (χ2n) is 6.13. The molecule has 2 N–H and O–H groups in total. The van der Waals surface area contributed by atoms with Gasteiger partial charge in [-0.15, -0.1) is 11.3 Å². The topological polar surface area (TPSA) is 56.0 Å². The number of nitrogen functional groups attached to an aromatic ring is 1. The van der Waals surface area contributed by atoms with Crippen LogP contribution in [0.2, 0.25) is 10.0 Å². The Morgan fingerprint density at radius 1 is 0.926 bits per heavy atom. The predicted molar refractivity (Wildman–Crippen MR) is 114 cm³/mol. The number of hydrogen-bond donors (Lipinski definition) is 1. The highest BCUT2D eigenvalue weighted by atomic mass is 35.5. The fourth-order valence-electron chi connectivity index (χ4n) is 2.85. The van der Waals surface area contributed by atoms with Crippen LogP contribution in [0, 0.1) is 0 Å². The Bertz CT molecular complexity index is 1140. The van der Waals surface area contributed by atoms with Crippen LogP contribution in [0.4, 0.5) is 5.69 Å². The van der Waals surface area contributed by atoms with E-state index in [1.165, 1.54) is 11.3 Å². The summed E-state index contributed by atoms with van der Waals surface area (Å²) >= 11 is 13.2. The van der Waals surface area contributed by atoms with Crippen LogP contribution in [0.25, 0.3) is 21.5 Å². The molecular weight excluding hydrogens is 399 g/mol. The van der Waals surface area contributed by atoms with Crippen LogP contribution in [-0.2, 0) is 6.42 Å². The lowest BCUT2D eigenvalue weighted by Gasteiger charge is -2.01. The maximum atomic E-state index is 12.7. The molecule has 0 aliphatic heterocycles. The van der Waals surface area contributed by atoms with Crippen LogP contribution >= 0.6 is 34.5 Å². The molecule has 0 aliphatic rings. The second kappa shape index (κ2) is 7.31. The number of anilines is 1. The lowest BCUT2D eigenvalue weighted by Crippen LogP contribution is -2.03. The van der Waals surface area contributed by atoms with Crippen LogP contribution in [0.3, 0.4) is 0 Å². The third-order valence-electron chi connectivity index (χ3n) is 4.26. The first-order chi connectivity index (χ1) is 13.0. The first kappa shape index (κ1) is 18.0. The number of Topliss-reactive ketones (excluding diaryl/α,β-unsaturated/α-hetero) is 1. The minimum Gasteiger partial charge on any atom is -0.397 e. The standard InChI is InChI=1S/C21H14Cl2N2OS/c22-14-5-1-12(2-6-14)11-18(26)20-19(24)16-9-10-17(25-21(16)27-20)13-3-7-15(23)8-4-13/h1-10H,11,24H2. The quantitative estimate of drug-likeness (QED) is 0.401. The predicted octanol–water partition coefficient (Wildman–Crippen LogP) is 6.28. The number of hydrogen-bond acceptors (Lipinski definition) is 4. The van der Waals surface area contributed by atoms with Crippen molar-refractivity contribution in [1.82, 2.24) is 4.98 Å². The van der Waals surface area contributed by atoms with E-state index in [4.69, 9.17) is 28.9 Å². The maximum absolute atomic E-state index is 12.7. The van der Waals surface area contributed by atoms with E-state index in [0.29, 0.717) is 20.6 Å². The molecule has 3 nitrogen and oxygen atoms in total. The Labute approximate surface area is 170 Å². The average Bonchev–Trinajstić information content (AvgIpc) is 3.00. The summed E-state index contributed by atoms with van der Waals surface area (Å²) in [7, 11) is 0. The number of carbonyl (C=O) groups is 1. The smallest absolute Gasteiger partial charge is 0.179 e. The molecule has 2 aromatic heterocycles. The molecular formula is C21H14Cl2N2OS. The fourth-order valence-corrected chi connectivity index (χ4v) is 4.14. The lowest BCUT2D eigenvalue weighted by molar-refractivity contribution is 0.0997. The zero-order valence-electron chi connectivity index (χ0n) is 14.1. The third-order valence-corrected chi connectivity index (χ3v) is 5.93. The van der Waals surface area contributed by atoms with Crippen molar-refractivity contribution in [3.63, 3.8) is 0 Å². The zero-order valence-corrected chi connectivity index (χ0v) is 16.4. The molecule has 0 fully saturated rings. The van der Waals surface area contributed by atoms with Gasteiger partial charge < -0.3 is 5.73 Å². The van der Waals surface area contributed by atoms with Crippen LogP contribution in [0.1, 0.15) is 15.2 Å². The normalized spacial score (nSPS) is 11.0. The number of nitrogens with zero attached hydrogens (tertiary/aromatic N) is 1. The van der Waals surface area contributed by atoms with Crippen LogP contribution in [0.5, 0.6) is 0 Å². The number of rotatable bonds is 4. The number of pyridine rings is 1. The number of halogens is 2. The first-order valence-corrected chi connectivity index (χ1v) is 9.81. The van der Waals surface area contributed by atoms with Gasteiger partial charge in [0.05, 0.1) is 16.3 Å². The van der Waals surface area contributed by atoms with E-state index < -0.39 is 0 Å². The van der Waals surface area contributed by atoms with Crippen molar-refractivity contribution in [2.24, 2.45) is 0 Å². The van der Waals surface area contributed by atoms with Gasteiger partial charge in [0, 0.05) is 27.4 Å².